The second-order valence-corrected chi connectivity index (χ2v) is 4.19. The highest BCUT2D eigenvalue weighted by Gasteiger charge is 2.11. The molecule has 1 aliphatic heterocycles. The van der Waals surface area contributed by atoms with E-state index in [0.717, 1.165) is 19.6 Å². The van der Waals surface area contributed by atoms with Crippen molar-refractivity contribution < 1.29 is 4.74 Å². The number of likely N-dealkylation sites (tertiary alicyclic amines) is 1. The number of hydrogen-bond donors (Lipinski definition) is 1. The molecule has 1 aromatic heterocycles. The fourth-order valence-corrected chi connectivity index (χ4v) is 1.89. The minimum atomic E-state index is 0.181. The van der Waals surface area contributed by atoms with Crippen LogP contribution in [0.2, 0.25) is 5.02 Å². The standard InChI is InChI=1S/C10H15ClN4O/c11-8-7-13-10(12)14-9(8)16-6-5-15-3-1-2-4-15/h7H,1-6H2,(H2,12,13,14). The number of halogens is 1. The van der Waals surface area contributed by atoms with Crippen molar-refractivity contribution >= 4 is 17.5 Å². The Labute approximate surface area is 99.6 Å². The molecule has 88 valence electrons. The molecule has 1 aliphatic rings. The maximum atomic E-state index is 5.87. The van der Waals surface area contributed by atoms with Crippen LogP contribution in [-0.4, -0.2) is 41.1 Å². The van der Waals surface area contributed by atoms with E-state index in [1.165, 1.54) is 19.0 Å². The van der Waals surface area contributed by atoms with Crippen LogP contribution >= 0.6 is 11.6 Å². The molecule has 1 saturated heterocycles. The monoisotopic (exact) mass is 242 g/mol. The zero-order valence-corrected chi connectivity index (χ0v) is 9.78. The highest BCUT2D eigenvalue weighted by Crippen LogP contribution is 2.20. The van der Waals surface area contributed by atoms with Crippen LogP contribution in [0.1, 0.15) is 12.8 Å². The summed E-state index contributed by atoms with van der Waals surface area (Å²) < 4.78 is 5.47. The Morgan fingerprint density at radius 3 is 2.94 bits per heavy atom. The average molecular weight is 243 g/mol. The lowest BCUT2D eigenvalue weighted by molar-refractivity contribution is 0.232. The van der Waals surface area contributed by atoms with Gasteiger partial charge in [-0.15, -0.1) is 0 Å². The van der Waals surface area contributed by atoms with Crippen molar-refractivity contribution in [3.05, 3.63) is 11.2 Å². The maximum absolute atomic E-state index is 5.87. The SMILES string of the molecule is Nc1ncc(Cl)c(OCCN2CCCC2)n1. The van der Waals surface area contributed by atoms with Gasteiger partial charge in [0.25, 0.3) is 0 Å². The topological polar surface area (TPSA) is 64.3 Å². The molecular weight excluding hydrogens is 228 g/mol. The van der Waals surface area contributed by atoms with Gasteiger partial charge in [0, 0.05) is 6.54 Å². The summed E-state index contributed by atoms with van der Waals surface area (Å²) >= 11 is 5.87. The number of nitrogens with zero attached hydrogens (tertiary/aromatic N) is 3. The number of ether oxygens (including phenoxy) is 1. The number of nitrogen functional groups attached to an aromatic ring is 1. The van der Waals surface area contributed by atoms with Crippen LogP contribution in [0, 0.1) is 0 Å². The van der Waals surface area contributed by atoms with E-state index in [-0.39, 0.29) is 5.95 Å². The van der Waals surface area contributed by atoms with Gasteiger partial charge in [-0.25, -0.2) is 4.98 Å². The zero-order chi connectivity index (χ0) is 11.4. The summed E-state index contributed by atoms with van der Waals surface area (Å²) in [7, 11) is 0. The molecule has 0 aromatic carbocycles. The third-order valence-corrected chi connectivity index (χ3v) is 2.83. The predicted octanol–water partition coefficient (Wildman–Crippen LogP) is 1.19. The van der Waals surface area contributed by atoms with E-state index in [9.17, 15) is 0 Å². The first-order valence-corrected chi connectivity index (χ1v) is 5.76. The van der Waals surface area contributed by atoms with Crippen molar-refractivity contribution in [2.75, 3.05) is 32.0 Å². The van der Waals surface area contributed by atoms with E-state index in [4.69, 9.17) is 22.1 Å². The summed E-state index contributed by atoms with van der Waals surface area (Å²) in [5, 5.41) is 0.399. The van der Waals surface area contributed by atoms with Gasteiger partial charge in [0.2, 0.25) is 11.8 Å². The van der Waals surface area contributed by atoms with Gasteiger partial charge in [-0.05, 0) is 25.9 Å². The van der Waals surface area contributed by atoms with Crippen LogP contribution in [-0.2, 0) is 0 Å². The van der Waals surface area contributed by atoms with Crippen LogP contribution in [0.4, 0.5) is 5.95 Å². The Kier molecular flexibility index (Phi) is 3.79. The first-order chi connectivity index (χ1) is 7.75. The Morgan fingerprint density at radius 1 is 1.44 bits per heavy atom. The van der Waals surface area contributed by atoms with Crippen molar-refractivity contribution in [3.63, 3.8) is 0 Å². The van der Waals surface area contributed by atoms with Crippen molar-refractivity contribution in [1.29, 1.82) is 0 Å². The largest absolute Gasteiger partial charge is 0.475 e. The summed E-state index contributed by atoms with van der Waals surface area (Å²) in [5.41, 5.74) is 5.45. The van der Waals surface area contributed by atoms with E-state index in [1.54, 1.807) is 0 Å². The van der Waals surface area contributed by atoms with Crippen molar-refractivity contribution in [3.8, 4) is 5.88 Å². The van der Waals surface area contributed by atoms with E-state index in [1.807, 2.05) is 0 Å². The molecule has 16 heavy (non-hydrogen) atoms. The molecule has 2 N–H and O–H groups in total. The lowest BCUT2D eigenvalue weighted by Gasteiger charge is -2.14. The van der Waals surface area contributed by atoms with Gasteiger partial charge in [0.15, 0.2) is 0 Å². The van der Waals surface area contributed by atoms with E-state index >= 15 is 0 Å². The first-order valence-electron chi connectivity index (χ1n) is 5.39. The molecule has 1 fully saturated rings. The Balaban J connectivity index is 1.82. The van der Waals surface area contributed by atoms with Crippen LogP contribution < -0.4 is 10.5 Å². The van der Waals surface area contributed by atoms with Crippen LogP contribution in [0.3, 0.4) is 0 Å². The Morgan fingerprint density at radius 2 is 2.19 bits per heavy atom. The third kappa shape index (κ3) is 2.96. The minimum Gasteiger partial charge on any atom is -0.475 e. The lowest BCUT2D eigenvalue weighted by Crippen LogP contribution is -2.25. The minimum absolute atomic E-state index is 0.181. The fourth-order valence-electron chi connectivity index (χ4n) is 1.74. The van der Waals surface area contributed by atoms with Crippen molar-refractivity contribution in [2.45, 2.75) is 12.8 Å². The molecule has 0 radical (unpaired) electrons. The molecule has 0 atom stereocenters. The molecular formula is C10H15ClN4O. The molecule has 0 unspecified atom stereocenters. The van der Waals surface area contributed by atoms with Gasteiger partial charge in [0.05, 0.1) is 6.20 Å². The van der Waals surface area contributed by atoms with Gasteiger partial charge in [-0.2, -0.15) is 4.98 Å². The fraction of sp³-hybridized carbons (Fsp3) is 0.600. The summed E-state index contributed by atoms with van der Waals surface area (Å²) in [6, 6.07) is 0. The number of hydrogen-bond acceptors (Lipinski definition) is 5. The third-order valence-electron chi connectivity index (χ3n) is 2.58. The van der Waals surface area contributed by atoms with Gasteiger partial charge < -0.3 is 10.5 Å². The summed E-state index contributed by atoms with van der Waals surface area (Å²) in [4.78, 5) is 10.1. The van der Waals surface area contributed by atoms with Gasteiger partial charge >= 0.3 is 0 Å². The number of nitrogens with two attached hydrogens (primary N) is 1. The first kappa shape index (κ1) is 11.4. The quantitative estimate of drug-likeness (QED) is 0.859. The van der Waals surface area contributed by atoms with Gasteiger partial charge in [0.1, 0.15) is 11.6 Å². The summed E-state index contributed by atoms with van der Waals surface area (Å²) in [5.74, 6) is 0.550. The maximum Gasteiger partial charge on any atom is 0.237 e. The number of rotatable bonds is 4. The Hall–Kier alpha value is -1.07. The van der Waals surface area contributed by atoms with E-state index < -0.39 is 0 Å². The molecule has 5 nitrogen and oxygen atoms in total. The normalized spacial score (nSPS) is 16.6. The molecule has 0 spiro atoms. The summed E-state index contributed by atoms with van der Waals surface area (Å²) in [6.07, 6.45) is 4.01. The van der Waals surface area contributed by atoms with E-state index in [2.05, 4.69) is 14.9 Å². The van der Waals surface area contributed by atoms with Crippen LogP contribution in [0.5, 0.6) is 5.88 Å². The highest BCUT2D eigenvalue weighted by molar-refractivity contribution is 6.31. The highest BCUT2D eigenvalue weighted by atomic mass is 35.5. The van der Waals surface area contributed by atoms with Crippen LogP contribution in [0.25, 0.3) is 0 Å². The zero-order valence-electron chi connectivity index (χ0n) is 9.03. The second kappa shape index (κ2) is 5.32. The molecule has 0 saturated carbocycles. The molecule has 0 amide bonds. The molecule has 0 aliphatic carbocycles. The Bertz CT molecular complexity index is 355. The van der Waals surface area contributed by atoms with E-state index in [0.29, 0.717) is 17.5 Å². The van der Waals surface area contributed by atoms with Gasteiger partial charge in [-0.1, -0.05) is 11.6 Å². The second-order valence-electron chi connectivity index (χ2n) is 3.78. The summed E-state index contributed by atoms with van der Waals surface area (Å²) in [6.45, 7) is 3.79. The van der Waals surface area contributed by atoms with Crippen molar-refractivity contribution in [1.82, 2.24) is 14.9 Å². The average Bonchev–Trinajstić information content (AvgIpc) is 2.76. The molecule has 2 heterocycles. The molecule has 0 bridgehead atoms. The molecule has 6 heteroatoms. The number of aromatic nitrogens is 2. The van der Waals surface area contributed by atoms with Gasteiger partial charge in [-0.3, -0.25) is 4.90 Å². The van der Waals surface area contributed by atoms with Crippen LogP contribution in [0.15, 0.2) is 6.20 Å². The lowest BCUT2D eigenvalue weighted by atomic mass is 10.4. The predicted molar refractivity (Wildman–Crippen MR) is 62.6 cm³/mol. The number of anilines is 1. The molecule has 2 rings (SSSR count). The van der Waals surface area contributed by atoms with Crippen molar-refractivity contribution in [2.24, 2.45) is 0 Å². The molecule has 1 aromatic rings. The smallest absolute Gasteiger partial charge is 0.237 e.